The van der Waals surface area contributed by atoms with Gasteiger partial charge in [0.15, 0.2) is 0 Å². The van der Waals surface area contributed by atoms with E-state index in [9.17, 15) is 9.59 Å². The second-order valence-corrected chi connectivity index (χ2v) is 4.53. The van der Waals surface area contributed by atoms with Gasteiger partial charge in [0.1, 0.15) is 0 Å². The molecule has 0 heterocycles. The Balaban J connectivity index is 2.53. The molecule has 5 heteroatoms. The van der Waals surface area contributed by atoms with Crippen LogP contribution in [-0.2, 0) is 4.79 Å². The molecule has 19 heavy (non-hydrogen) atoms. The van der Waals surface area contributed by atoms with Gasteiger partial charge in [-0.05, 0) is 26.0 Å². The number of nitrogens with one attached hydrogen (secondary N) is 1. The Kier molecular flexibility index (Phi) is 6.18. The minimum absolute atomic E-state index is 0.0158. The number of aliphatic hydroxyl groups is 1. The summed E-state index contributed by atoms with van der Waals surface area (Å²) in [7, 11) is 0. The minimum Gasteiger partial charge on any atom is -0.395 e. The summed E-state index contributed by atoms with van der Waals surface area (Å²) in [5.41, 5.74) is 0.453. The average Bonchev–Trinajstić information content (AvgIpc) is 2.39. The van der Waals surface area contributed by atoms with Crippen molar-refractivity contribution in [2.24, 2.45) is 0 Å². The van der Waals surface area contributed by atoms with E-state index in [0.717, 1.165) is 0 Å². The molecule has 0 aliphatic rings. The Morgan fingerprint density at radius 3 is 2.42 bits per heavy atom. The minimum atomic E-state index is -0.404. The molecule has 0 radical (unpaired) electrons. The first-order valence-electron chi connectivity index (χ1n) is 6.28. The van der Waals surface area contributed by atoms with Crippen molar-refractivity contribution in [2.75, 3.05) is 19.7 Å². The molecule has 0 bridgehead atoms. The Labute approximate surface area is 113 Å². The highest BCUT2D eigenvalue weighted by Crippen LogP contribution is 1.99. The van der Waals surface area contributed by atoms with Gasteiger partial charge in [0.05, 0.1) is 13.2 Å². The van der Waals surface area contributed by atoms with Crippen LogP contribution in [0.1, 0.15) is 24.2 Å². The summed E-state index contributed by atoms with van der Waals surface area (Å²) >= 11 is 0. The highest BCUT2D eigenvalue weighted by atomic mass is 16.3. The standard InChI is InChI=1S/C14H20N2O3/c1-11(2)16(8-9-17)10-13(18)15-14(19)12-6-4-3-5-7-12/h3-7,11,17H,8-10H2,1-2H3,(H,15,18,19). The van der Waals surface area contributed by atoms with Gasteiger partial charge in [-0.2, -0.15) is 0 Å². The molecule has 0 saturated carbocycles. The van der Waals surface area contributed by atoms with E-state index in [1.165, 1.54) is 0 Å². The van der Waals surface area contributed by atoms with E-state index in [2.05, 4.69) is 5.32 Å². The van der Waals surface area contributed by atoms with Crippen LogP contribution in [0.25, 0.3) is 0 Å². The van der Waals surface area contributed by atoms with Crippen molar-refractivity contribution in [1.29, 1.82) is 0 Å². The number of aliphatic hydroxyl groups excluding tert-OH is 1. The largest absolute Gasteiger partial charge is 0.395 e. The highest BCUT2D eigenvalue weighted by molar-refractivity contribution is 6.05. The fourth-order valence-corrected chi connectivity index (χ4v) is 1.66. The van der Waals surface area contributed by atoms with Gasteiger partial charge in [-0.1, -0.05) is 18.2 Å². The summed E-state index contributed by atoms with van der Waals surface area (Å²) in [6.45, 7) is 4.35. The van der Waals surface area contributed by atoms with Crippen LogP contribution < -0.4 is 5.32 Å². The van der Waals surface area contributed by atoms with Crippen LogP contribution in [0.4, 0.5) is 0 Å². The Bertz CT molecular complexity index is 418. The zero-order valence-corrected chi connectivity index (χ0v) is 11.3. The molecule has 0 unspecified atom stereocenters. The molecule has 5 nitrogen and oxygen atoms in total. The molecule has 2 N–H and O–H groups in total. The summed E-state index contributed by atoms with van der Waals surface area (Å²) in [6.07, 6.45) is 0. The van der Waals surface area contributed by atoms with Crippen LogP contribution in [0.15, 0.2) is 30.3 Å². The first-order chi connectivity index (χ1) is 9.04. The van der Waals surface area contributed by atoms with E-state index in [-0.39, 0.29) is 25.1 Å². The van der Waals surface area contributed by atoms with Gasteiger partial charge in [-0.25, -0.2) is 0 Å². The third-order valence-electron chi connectivity index (χ3n) is 2.75. The van der Waals surface area contributed by atoms with Gasteiger partial charge in [-0.3, -0.25) is 19.8 Å². The van der Waals surface area contributed by atoms with Crippen molar-refractivity contribution >= 4 is 11.8 Å². The van der Waals surface area contributed by atoms with Crippen LogP contribution in [0.3, 0.4) is 0 Å². The zero-order valence-electron chi connectivity index (χ0n) is 11.3. The number of benzene rings is 1. The Hall–Kier alpha value is -1.72. The van der Waals surface area contributed by atoms with E-state index >= 15 is 0 Å². The normalized spacial score (nSPS) is 10.8. The molecular weight excluding hydrogens is 244 g/mol. The van der Waals surface area contributed by atoms with Crippen LogP contribution >= 0.6 is 0 Å². The van der Waals surface area contributed by atoms with Gasteiger partial charge in [0, 0.05) is 18.2 Å². The van der Waals surface area contributed by atoms with Crippen molar-refractivity contribution < 1.29 is 14.7 Å². The van der Waals surface area contributed by atoms with Crippen molar-refractivity contribution in [1.82, 2.24) is 10.2 Å². The highest BCUT2D eigenvalue weighted by Gasteiger charge is 2.15. The van der Waals surface area contributed by atoms with E-state index in [4.69, 9.17) is 5.11 Å². The predicted molar refractivity (Wildman–Crippen MR) is 72.7 cm³/mol. The molecule has 2 amide bonds. The predicted octanol–water partition coefficient (Wildman–Crippen LogP) is 0.646. The second-order valence-electron chi connectivity index (χ2n) is 4.53. The van der Waals surface area contributed by atoms with E-state index in [0.29, 0.717) is 12.1 Å². The van der Waals surface area contributed by atoms with E-state index in [1.54, 1.807) is 35.2 Å². The smallest absolute Gasteiger partial charge is 0.257 e. The maximum absolute atomic E-state index is 11.8. The lowest BCUT2D eigenvalue weighted by molar-refractivity contribution is -0.121. The number of rotatable bonds is 6. The molecule has 0 atom stereocenters. The van der Waals surface area contributed by atoms with Gasteiger partial charge >= 0.3 is 0 Å². The number of hydrogen-bond donors (Lipinski definition) is 2. The fourth-order valence-electron chi connectivity index (χ4n) is 1.66. The molecular formula is C14H20N2O3. The monoisotopic (exact) mass is 264 g/mol. The number of nitrogens with zero attached hydrogens (tertiary/aromatic N) is 1. The second kappa shape index (κ2) is 7.66. The number of carbonyl (C=O) groups is 2. The van der Waals surface area contributed by atoms with Crippen molar-refractivity contribution in [3.8, 4) is 0 Å². The number of amides is 2. The summed E-state index contributed by atoms with van der Waals surface area (Å²) in [5, 5.41) is 11.3. The summed E-state index contributed by atoms with van der Waals surface area (Å²) in [4.78, 5) is 25.3. The maximum Gasteiger partial charge on any atom is 0.257 e. The van der Waals surface area contributed by atoms with Crippen molar-refractivity contribution in [2.45, 2.75) is 19.9 Å². The van der Waals surface area contributed by atoms with Crippen LogP contribution in [-0.4, -0.2) is 47.6 Å². The molecule has 0 saturated heterocycles. The first kappa shape index (κ1) is 15.3. The Morgan fingerprint density at radius 2 is 1.89 bits per heavy atom. The zero-order chi connectivity index (χ0) is 14.3. The average molecular weight is 264 g/mol. The van der Waals surface area contributed by atoms with Crippen molar-refractivity contribution in [3.05, 3.63) is 35.9 Å². The molecule has 1 rings (SSSR count). The van der Waals surface area contributed by atoms with Gasteiger partial charge in [-0.15, -0.1) is 0 Å². The number of hydrogen-bond acceptors (Lipinski definition) is 4. The van der Waals surface area contributed by atoms with Gasteiger partial charge in [0.2, 0.25) is 5.91 Å². The third-order valence-corrected chi connectivity index (χ3v) is 2.75. The summed E-state index contributed by atoms with van der Waals surface area (Å²) < 4.78 is 0. The number of imide groups is 1. The topological polar surface area (TPSA) is 69.6 Å². The lowest BCUT2D eigenvalue weighted by Crippen LogP contribution is -2.43. The third kappa shape index (κ3) is 5.19. The molecule has 1 aromatic carbocycles. The lowest BCUT2D eigenvalue weighted by Gasteiger charge is -2.24. The quantitative estimate of drug-likeness (QED) is 0.791. The molecule has 0 aliphatic carbocycles. The lowest BCUT2D eigenvalue weighted by atomic mass is 10.2. The summed E-state index contributed by atoms with van der Waals surface area (Å²) in [5.74, 6) is -0.769. The van der Waals surface area contributed by atoms with Gasteiger partial charge in [0.25, 0.3) is 5.91 Å². The van der Waals surface area contributed by atoms with Crippen molar-refractivity contribution in [3.63, 3.8) is 0 Å². The molecule has 0 aliphatic heterocycles. The fraction of sp³-hybridized carbons (Fsp3) is 0.429. The molecule has 0 aromatic heterocycles. The molecule has 104 valence electrons. The SMILES string of the molecule is CC(C)N(CCO)CC(=O)NC(=O)c1ccccc1. The molecule has 0 fully saturated rings. The molecule has 0 spiro atoms. The first-order valence-corrected chi connectivity index (χ1v) is 6.28. The molecule has 1 aromatic rings. The van der Waals surface area contributed by atoms with Crippen LogP contribution in [0.2, 0.25) is 0 Å². The van der Waals surface area contributed by atoms with Crippen LogP contribution in [0, 0.1) is 0 Å². The maximum atomic E-state index is 11.8. The number of carbonyl (C=O) groups excluding carboxylic acids is 2. The van der Waals surface area contributed by atoms with E-state index in [1.807, 2.05) is 13.8 Å². The summed E-state index contributed by atoms with van der Waals surface area (Å²) in [6, 6.07) is 8.72. The Morgan fingerprint density at radius 1 is 1.26 bits per heavy atom. The van der Waals surface area contributed by atoms with Gasteiger partial charge < -0.3 is 5.11 Å². The van der Waals surface area contributed by atoms with E-state index < -0.39 is 5.91 Å². The van der Waals surface area contributed by atoms with Crippen LogP contribution in [0.5, 0.6) is 0 Å².